The summed E-state index contributed by atoms with van der Waals surface area (Å²) >= 11 is 5.85. The summed E-state index contributed by atoms with van der Waals surface area (Å²) in [4.78, 5) is 11.8. The Hall–Kier alpha value is -1.01. The van der Waals surface area contributed by atoms with Crippen LogP contribution in [0.2, 0.25) is 5.02 Å². The fourth-order valence-corrected chi connectivity index (χ4v) is 2.27. The van der Waals surface area contributed by atoms with Crippen LogP contribution in [-0.2, 0) is 9.53 Å². The third-order valence-electron chi connectivity index (χ3n) is 3.13. The molecule has 2 atom stereocenters. The van der Waals surface area contributed by atoms with Crippen molar-refractivity contribution in [2.75, 3.05) is 19.7 Å². The summed E-state index contributed by atoms with van der Waals surface area (Å²) in [6, 6.07) is 7.14. The smallest absolute Gasteiger partial charge is 0.249 e. The standard InChI is InChI=1S/C14H19ClN2O3.ClH/c15-10-2-1-3-11(8-10)19-7-6-17-14(18)13-5-4-12(9-16)20-13;/h1-3,8,12-13H,4-7,9,16H2,(H,17,18);1H/t12-,13+;/m1./s1. The molecule has 1 aromatic rings. The molecule has 21 heavy (non-hydrogen) atoms. The average molecular weight is 335 g/mol. The minimum Gasteiger partial charge on any atom is -0.492 e. The van der Waals surface area contributed by atoms with Crippen molar-refractivity contribution in [3.63, 3.8) is 0 Å². The molecule has 0 aromatic heterocycles. The highest BCUT2D eigenvalue weighted by atomic mass is 35.5. The van der Waals surface area contributed by atoms with Gasteiger partial charge >= 0.3 is 0 Å². The van der Waals surface area contributed by atoms with Crippen LogP contribution in [0.3, 0.4) is 0 Å². The van der Waals surface area contributed by atoms with Crippen LogP contribution in [0, 0.1) is 0 Å². The van der Waals surface area contributed by atoms with Crippen molar-refractivity contribution in [1.29, 1.82) is 0 Å². The van der Waals surface area contributed by atoms with Crippen LogP contribution in [0.4, 0.5) is 0 Å². The van der Waals surface area contributed by atoms with Gasteiger partial charge in [0.15, 0.2) is 0 Å². The van der Waals surface area contributed by atoms with Crippen molar-refractivity contribution in [2.45, 2.75) is 25.0 Å². The van der Waals surface area contributed by atoms with Crippen LogP contribution in [-0.4, -0.2) is 37.8 Å². The first-order valence-corrected chi connectivity index (χ1v) is 7.08. The van der Waals surface area contributed by atoms with E-state index in [2.05, 4.69) is 5.32 Å². The zero-order valence-corrected chi connectivity index (χ0v) is 13.2. The van der Waals surface area contributed by atoms with Gasteiger partial charge in [0, 0.05) is 11.6 Å². The van der Waals surface area contributed by atoms with Crippen molar-refractivity contribution < 1.29 is 14.3 Å². The zero-order valence-electron chi connectivity index (χ0n) is 11.6. The van der Waals surface area contributed by atoms with Gasteiger partial charge in [0.2, 0.25) is 5.91 Å². The van der Waals surface area contributed by atoms with Crippen molar-refractivity contribution in [3.8, 4) is 5.75 Å². The van der Waals surface area contributed by atoms with Gasteiger partial charge in [-0.25, -0.2) is 0 Å². The number of nitrogens with one attached hydrogen (secondary N) is 1. The van der Waals surface area contributed by atoms with E-state index in [4.69, 9.17) is 26.8 Å². The largest absolute Gasteiger partial charge is 0.492 e. The third kappa shape index (κ3) is 5.71. The molecular formula is C14H20Cl2N2O3. The highest BCUT2D eigenvalue weighted by Crippen LogP contribution is 2.19. The summed E-state index contributed by atoms with van der Waals surface area (Å²) in [7, 11) is 0. The number of benzene rings is 1. The van der Waals surface area contributed by atoms with Gasteiger partial charge in [0.25, 0.3) is 0 Å². The van der Waals surface area contributed by atoms with Crippen molar-refractivity contribution >= 4 is 29.9 Å². The van der Waals surface area contributed by atoms with E-state index in [9.17, 15) is 4.79 Å². The maximum absolute atomic E-state index is 11.8. The van der Waals surface area contributed by atoms with Crippen LogP contribution in [0.5, 0.6) is 5.75 Å². The second kappa shape index (κ2) is 9.10. The summed E-state index contributed by atoms with van der Waals surface area (Å²) < 4.78 is 11.0. The number of carbonyl (C=O) groups excluding carboxylic acids is 1. The van der Waals surface area contributed by atoms with E-state index in [-0.39, 0.29) is 30.5 Å². The molecule has 0 aliphatic carbocycles. The molecule has 1 amide bonds. The Bertz CT molecular complexity index is 460. The van der Waals surface area contributed by atoms with Gasteiger partial charge in [-0.3, -0.25) is 4.79 Å². The van der Waals surface area contributed by atoms with Crippen LogP contribution < -0.4 is 15.8 Å². The summed E-state index contributed by atoms with van der Waals surface area (Å²) in [6.07, 6.45) is 1.19. The van der Waals surface area contributed by atoms with E-state index >= 15 is 0 Å². The fourth-order valence-electron chi connectivity index (χ4n) is 2.09. The van der Waals surface area contributed by atoms with Gasteiger partial charge in [-0.05, 0) is 31.0 Å². The molecule has 1 fully saturated rings. The van der Waals surface area contributed by atoms with E-state index < -0.39 is 0 Å². The number of halogens is 2. The zero-order chi connectivity index (χ0) is 14.4. The monoisotopic (exact) mass is 334 g/mol. The lowest BCUT2D eigenvalue weighted by Crippen LogP contribution is -2.37. The van der Waals surface area contributed by atoms with Gasteiger partial charge in [0.1, 0.15) is 18.5 Å². The first kappa shape index (κ1) is 18.0. The molecule has 1 aromatic carbocycles. The normalized spacial score (nSPS) is 20.7. The summed E-state index contributed by atoms with van der Waals surface area (Å²) in [5.74, 6) is 0.586. The summed E-state index contributed by atoms with van der Waals surface area (Å²) in [5, 5.41) is 3.42. The predicted octanol–water partition coefficient (Wildman–Crippen LogP) is 1.76. The molecule has 1 heterocycles. The van der Waals surface area contributed by atoms with Crippen molar-refractivity contribution in [3.05, 3.63) is 29.3 Å². The van der Waals surface area contributed by atoms with E-state index in [1.54, 1.807) is 12.1 Å². The highest BCUT2D eigenvalue weighted by molar-refractivity contribution is 6.30. The molecule has 1 aliphatic heterocycles. The SMILES string of the molecule is Cl.NC[C@H]1CC[C@@H](C(=O)NCCOc2cccc(Cl)c2)O1. The van der Waals surface area contributed by atoms with Crippen LogP contribution in [0.15, 0.2) is 24.3 Å². The Balaban J connectivity index is 0.00000220. The lowest BCUT2D eigenvalue weighted by atomic mass is 10.2. The highest BCUT2D eigenvalue weighted by Gasteiger charge is 2.29. The molecule has 0 spiro atoms. The lowest BCUT2D eigenvalue weighted by Gasteiger charge is -2.13. The second-order valence-electron chi connectivity index (χ2n) is 4.66. The van der Waals surface area contributed by atoms with Crippen molar-refractivity contribution in [2.24, 2.45) is 5.73 Å². The molecule has 1 saturated heterocycles. The molecule has 0 radical (unpaired) electrons. The molecule has 7 heteroatoms. The van der Waals surface area contributed by atoms with E-state index in [1.807, 2.05) is 12.1 Å². The Morgan fingerprint density at radius 3 is 2.95 bits per heavy atom. The number of hydrogen-bond donors (Lipinski definition) is 2. The van der Waals surface area contributed by atoms with Gasteiger partial charge < -0.3 is 20.5 Å². The number of ether oxygens (including phenoxy) is 2. The van der Waals surface area contributed by atoms with E-state index in [0.29, 0.717) is 30.5 Å². The first-order chi connectivity index (χ1) is 9.69. The summed E-state index contributed by atoms with van der Waals surface area (Å²) in [6.45, 7) is 1.28. The number of nitrogens with two attached hydrogens (primary N) is 1. The second-order valence-corrected chi connectivity index (χ2v) is 5.09. The van der Waals surface area contributed by atoms with Crippen LogP contribution in [0.1, 0.15) is 12.8 Å². The Morgan fingerprint density at radius 2 is 2.29 bits per heavy atom. The Morgan fingerprint density at radius 1 is 1.48 bits per heavy atom. The molecule has 118 valence electrons. The third-order valence-corrected chi connectivity index (χ3v) is 3.36. The maximum atomic E-state index is 11.8. The first-order valence-electron chi connectivity index (χ1n) is 6.70. The quantitative estimate of drug-likeness (QED) is 0.777. The molecule has 0 saturated carbocycles. The topological polar surface area (TPSA) is 73.6 Å². The molecular weight excluding hydrogens is 315 g/mol. The average Bonchev–Trinajstić information content (AvgIpc) is 2.92. The molecule has 3 N–H and O–H groups in total. The molecule has 0 unspecified atom stereocenters. The number of carbonyl (C=O) groups is 1. The van der Waals surface area contributed by atoms with Gasteiger partial charge in [-0.2, -0.15) is 0 Å². The predicted molar refractivity (Wildman–Crippen MR) is 84.2 cm³/mol. The minimum absolute atomic E-state index is 0. The van der Waals surface area contributed by atoms with Gasteiger partial charge in [-0.15, -0.1) is 12.4 Å². The lowest BCUT2D eigenvalue weighted by molar-refractivity contribution is -0.131. The maximum Gasteiger partial charge on any atom is 0.249 e. The number of hydrogen-bond acceptors (Lipinski definition) is 4. The fraction of sp³-hybridized carbons (Fsp3) is 0.500. The summed E-state index contributed by atoms with van der Waals surface area (Å²) in [5.41, 5.74) is 5.51. The molecule has 2 rings (SSSR count). The van der Waals surface area contributed by atoms with E-state index in [0.717, 1.165) is 12.8 Å². The van der Waals surface area contributed by atoms with Crippen molar-refractivity contribution in [1.82, 2.24) is 5.32 Å². The molecule has 1 aliphatic rings. The Kier molecular flexibility index (Phi) is 7.82. The molecule has 5 nitrogen and oxygen atoms in total. The van der Waals surface area contributed by atoms with E-state index in [1.165, 1.54) is 0 Å². The Labute approximate surface area is 135 Å². The number of amides is 1. The minimum atomic E-state index is -0.380. The van der Waals surface area contributed by atoms with Crippen LogP contribution in [0.25, 0.3) is 0 Å². The van der Waals surface area contributed by atoms with Gasteiger partial charge in [0.05, 0.1) is 12.6 Å². The van der Waals surface area contributed by atoms with Crippen LogP contribution >= 0.6 is 24.0 Å². The van der Waals surface area contributed by atoms with Gasteiger partial charge in [-0.1, -0.05) is 17.7 Å². The molecule has 0 bridgehead atoms. The number of rotatable bonds is 6.